The maximum Gasteiger partial charge on any atom is 0.270 e. The van der Waals surface area contributed by atoms with Crippen LogP contribution < -0.4 is 0 Å². The lowest BCUT2D eigenvalue weighted by Crippen LogP contribution is -2.39. The summed E-state index contributed by atoms with van der Waals surface area (Å²) in [6.07, 6.45) is 1.70. The Morgan fingerprint density at radius 2 is 2.30 bits per heavy atom. The van der Waals surface area contributed by atoms with Crippen LogP contribution in [0.4, 0.5) is 5.69 Å². The lowest BCUT2D eigenvalue weighted by Gasteiger charge is -2.31. The molecule has 0 N–H and O–H groups in total. The molecular formula is C15H16N4O4. The largest absolute Gasteiger partial charge is 0.339 e. The molecule has 1 saturated heterocycles. The van der Waals surface area contributed by atoms with Gasteiger partial charge in [0.1, 0.15) is 0 Å². The molecule has 0 unspecified atom stereocenters. The quantitative estimate of drug-likeness (QED) is 0.636. The topological polar surface area (TPSA) is 102 Å². The van der Waals surface area contributed by atoms with E-state index in [4.69, 9.17) is 4.52 Å². The molecule has 2 aromatic rings. The Bertz CT molecular complexity index is 743. The zero-order valence-electron chi connectivity index (χ0n) is 12.6. The number of benzene rings is 1. The predicted octanol–water partition coefficient (Wildman–Crippen LogP) is 2.31. The van der Waals surface area contributed by atoms with Crippen molar-refractivity contribution in [2.75, 3.05) is 13.1 Å². The molecule has 3 rings (SSSR count). The lowest BCUT2D eigenvalue weighted by molar-refractivity contribution is -0.384. The summed E-state index contributed by atoms with van der Waals surface area (Å²) in [5, 5.41) is 14.6. The van der Waals surface area contributed by atoms with Gasteiger partial charge >= 0.3 is 0 Å². The van der Waals surface area contributed by atoms with Crippen LogP contribution in [0, 0.1) is 17.0 Å². The molecule has 1 atom stereocenters. The zero-order chi connectivity index (χ0) is 16.4. The van der Waals surface area contributed by atoms with E-state index in [9.17, 15) is 14.9 Å². The fraction of sp³-hybridized carbons (Fsp3) is 0.400. The Morgan fingerprint density at radius 1 is 1.48 bits per heavy atom. The second-order valence-corrected chi connectivity index (χ2v) is 5.58. The van der Waals surface area contributed by atoms with Gasteiger partial charge in [0.05, 0.1) is 10.8 Å². The molecule has 8 nitrogen and oxygen atoms in total. The number of piperidine rings is 1. The van der Waals surface area contributed by atoms with Crippen LogP contribution in [0.5, 0.6) is 0 Å². The second kappa shape index (κ2) is 6.15. The third-order valence-electron chi connectivity index (χ3n) is 3.91. The fourth-order valence-electron chi connectivity index (χ4n) is 2.78. The van der Waals surface area contributed by atoms with Gasteiger partial charge in [0.2, 0.25) is 5.89 Å². The highest BCUT2D eigenvalue weighted by molar-refractivity contribution is 5.94. The Kier molecular flexibility index (Phi) is 4.05. The molecule has 0 spiro atoms. The number of carbonyl (C=O) groups is 1. The monoisotopic (exact) mass is 316 g/mol. The summed E-state index contributed by atoms with van der Waals surface area (Å²) in [7, 11) is 0. The van der Waals surface area contributed by atoms with Gasteiger partial charge in [0.15, 0.2) is 5.82 Å². The number of nitrogens with zero attached hydrogens (tertiary/aromatic N) is 4. The van der Waals surface area contributed by atoms with E-state index in [-0.39, 0.29) is 17.5 Å². The van der Waals surface area contributed by atoms with Gasteiger partial charge in [-0.15, -0.1) is 0 Å². The molecule has 23 heavy (non-hydrogen) atoms. The van der Waals surface area contributed by atoms with Crippen LogP contribution in [0.1, 0.15) is 40.8 Å². The van der Waals surface area contributed by atoms with Crippen LogP contribution in [0.2, 0.25) is 0 Å². The van der Waals surface area contributed by atoms with E-state index < -0.39 is 4.92 Å². The van der Waals surface area contributed by atoms with Gasteiger partial charge in [-0.2, -0.15) is 4.98 Å². The normalized spacial score (nSPS) is 18.0. The van der Waals surface area contributed by atoms with Gasteiger partial charge < -0.3 is 9.42 Å². The minimum atomic E-state index is -0.503. The summed E-state index contributed by atoms with van der Waals surface area (Å²) in [6.45, 7) is 2.84. The van der Waals surface area contributed by atoms with E-state index >= 15 is 0 Å². The molecule has 120 valence electrons. The zero-order valence-corrected chi connectivity index (χ0v) is 12.6. The number of carbonyl (C=O) groups excluding carboxylic acids is 1. The Morgan fingerprint density at radius 3 is 3.00 bits per heavy atom. The van der Waals surface area contributed by atoms with Crippen molar-refractivity contribution >= 4 is 11.6 Å². The van der Waals surface area contributed by atoms with Crippen LogP contribution in [0.25, 0.3) is 0 Å². The molecule has 8 heteroatoms. The summed E-state index contributed by atoms with van der Waals surface area (Å²) in [5.41, 5.74) is 0.235. The van der Waals surface area contributed by atoms with Gasteiger partial charge in [-0.05, 0) is 25.8 Å². The summed E-state index contributed by atoms with van der Waals surface area (Å²) in [4.78, 5) is 28.9. The Hall–Kier alpha value is -2.77. The van der Waals surface area contributed by atoms with Crippen LogP contribution in [0.15, 0.2) is 28.8 Å². The summed E-state index contributed by atoms with van der Waals surface area (Å²) < 4.78 is 5.20. The Labute approximate surface area is 132 Å². The molecular weight excluding hydrogens is 300 g/mol. The molecule has 1 aromatic carbocycles. The number of likely N-dealkylation sites (tertiary alicyclic amines) is 1. The first-order chi connectivity index (χ1) is 11.0. The first-order valence-electron chi connectivity index (χ1n) is 7.38. The molecule has 0 radical (unpaired) electrons. The average Bonchev–Trinajstić information content (AvgIpc) is 3.01. The predicted molar refractivity (Wildman–Crippen MR) is 80.0 cm³/mol. The number of hydrogen-bond donors (Lipinski definition) is 0. The van der Waals surface area contributed by atoms with E-state index in [0.717, 1.165) is 12.8 Å². The van der Waals surface area contributed by atoms with Gasteiger partial charge in [-0.1, -0.05) is 11.2 Å². The van der Waals surface area contributed by atoms with Gasteiger partial charge in [-0.3, -0.25) is 14.9 Å². The smallest absolute Gasteiger partial charge is 0.270 e. The maximum atomic E-state index is 12.6. The third kappa shape index (κ3) is 3.20. The van der Waals surface area contributed by atoms with Crippen molar-refractivity contribution in [1.29, 1.82) is 0 Å². The highest BCUT2D eigenvalue weighted by atomic mass is 16.6. The number of non-ortho nitro benzene ring substituents is 1. The van der Waals surface area contributed by atoms with Crippen molar-refractivity contribution in [1.82, 2.24) is 15.0 Å². The molecule has 1 fully saturated rings. The number of nitro groups is 1. The molecule has 1 aromatic heterocycles. The second-order valence-electron chi connectivity index (χ2n) is 5.58. The van der Waals surface area contributed by atoms with E-state index in [1.807, 2.05) is 0 Å². The van der Waals surface area contributed by atoms with E-state index in [1.54, 1.807) is 17.9 Å². The molecule has 2 heterocycles. The first kappa shape index (κ1) is 15.1. The molecule has 0 bridgehead atoms. The highest BCUT2D eigenvalue weighted by Crippen LogP contribution is 2.27. The van der Waals surface area contributed by atoms with Gasteiger partial charge in [0.25, 0.3) is 11.6 Å². The van der Waals surface area contributed by atoms with Crippen LogP contribution >= 0.6 is 0 Å². The molecule has 0 saturated carbocycles. The summed E-state index contributed by atoms with van der Waals surface area (Å²) in [5.74, 6) is 0.906. The molecule has 1 aliphatic heterocycles. The number of aryl methyl sites for hydroxylation is 1. The number of rotatable bonds is 3. The fourth-order valence-corrected chi connectivity index (χ4v) is 2.78. The molecule has 1 aliphatic rings. The van der Waals surface area contributed by atoms with Crippen LogP contribution in [-0.2, 0) is 0 Å². The Balaban J connectivity index is 1.77. The number of nitro benzene ring substituents is 1. The standard InChI is InChI=1S/C15H16N4O4/c1-10-16-14(23-17-10)12-5-3-7-18(9-12)15(20)11-4-2-6-13(8-11)19(21)22/h2,4,6,8,12H,3,5,7,9H2,1H3/t12-/m0/s1. The van der Waals surface area contributed by atoms with Crippen molar-refractivity contribution in [2.24, 2.45) is 0 Å². The highest BCUT2D eigenvalue weighted by Gasteiger charge is 2.29. The number of aromatic nitrogens is 2. The van der Waals surface area contributed by atoms with E-state index in [0.29, 0.717) is 30.4 Å². The van der Waals surface area contributed by atoms with Crippen LogP contribution in [0.3, 0.4) is 0 Å². The minimum absolute atomic E-state index is 0.00704. The molecule has 1 amide bonds. The first-order valence-corrected chi connectivity index (χ1v) is 7.38. The number of amides is 1. The van der Waals surface area contributed by atoms with Crippen molar-refractivity contribution in [2.45, 2.75) is 25.7 Å². The summed E-state index contributed by atoms with van der Waals surface area (Å²) >= 11 is 0. The van der Waals surface area contributed by atoms with Crippen molar-refractivity contribution in [3.63, 3.8) is 0 Å². The van der Waals surface area contributed by atoms with Crippen molar-refractivity contribution in [3.8, 4) is 0 Å². The number of hydrogen-bond acceptors (Lipinski definition) is 6. The lowest BCUT2D eigenvalue weighted by atomic mass is 9.97. The average molecular weight is 316 g/mol. The van der Waals surface area contributed by atoms with Gasteiger partial charge in [0, 0.05) is 30.8 Å². The third-order valence-corrected chi connectivity index (χ3v) is 3.91. The van der Waals surface area contributed by atoms with Crippen molar-refractivity contribution < 1.29 is 14.2 Å². The van der Waals surface area contributed by atoms with Crippen molar-refractivity contribution in [3.05, 3.63) is 51.7 Å². The van der Waals surface area contributed by atoms with E-state index in [1.165, 1.54) is 18.2 Å². The SMILES string of the molecule is Cc1noc([C@H]2CCCN(C(=O)c3cccc([N+](=O)[O-])c3)C2)n1. The maximum absolute atomic E-state index is 12.6. The van der Waals surface area contributed by atoms with Gasteiger partial charge in [-0.25, -0.2) is 0 Å². The minimum Gasteiger partial charge on any atom is -0.339 e. The molecule has 0 aliphatic carbocycles. The summed E-state index contributed by atoms with van der Waals surface area (Å²) in [6, 6.07) is 5.80. The van der Waals surface area contributed by atoms with E-state index in [2.05, 4.69) is 10.1 Å². The van der Waals surface area contributed by atoms with Crippen LogP contribution in [-0.4, -0.2) is 39.0 Å².